The van der Waals surface area contributed by atoms with Gasteiger partial charge in [0.1, 0.15) is 0 Å². The molecule has 0 saturated carbocycles. The van der Waals surface area contributed by atoms with E-state index in [1.54, 1.807) is 0 Å². The highest BCUT2D eigenvalue weighted by molar-refractivity contribution is 5.75. The summed E-state index contributed by atoms with van der Waals surface area (Å²) >= 11 is 0. The van der Waals surface area contributed by atoms with Gasteiger partial charge in [0.2, 0.25) is 0 Å². The first-order valence-electron chi connectivity index (χ1n) is 1.47. The van der Waals surface area contributed by atoms with Gasteiger partial charge in [-0.15, -0.1) is 0 Å². The first kappa shape index (κ1) is 9.38. The highest BCUT2D eigenvalue weighted by atomic mass is 27.0. The smallest absolute Gasteiger partial charge is 0.0411 e. The van der Waals surface area contributed by atoms with Gasteiger partial charge in [0.05, 0.1) is 0 Å². The summed E-state index contributed by atoms with van der Waals surface area (Å²) in [6.07, 6.45) is 0.111. The van der Waals surface area contributed by atoms with E-state index >= 15 is 0 Å². The van der Waals surface area contributed by atoms with Crippen molar-refractivity contribution in [3.63, 3.8) is 0 Å². The predicted octanol–water partition coefficient (Wildman–Crippen LogP) is -1.23. The van der Waals surface area contributed by atoms with Crippen molar-refractivity contribution in [1.29, 1.82) is 0 Å². The fraction of sp³-hybridized carbons (Fsp3) is 0.667. The summed E-state index contributed by atoms with van der Waals surface area (Å²) in [7, 11) is 0. The molecule has 0 aliphatic rings. The lowest BCUT2D eigenvalue weighted by molar-refractivity contribution is -0.305. The Bertz CT molecular complexity index is 44.1. The Labute approximate surface area is 47.3 Å². The summed E-state index contributed by atoms with van der Waals surface area (Å²) in [6.45, 7) is 1.54. The monoisotopic (exact) mass is 100 g/mol. The zero-order valence-corrected chi connectivity index (χ0v) is 4.76. The number of hydrogen-bond donors (Lipinski definition) is 0. The van der Waals surface area contributed by atoms with Crippen molar-refractivity contribution in [2.45, 2.75) is 13.3 Å². The molecule has 0 fully saturated rings. The van der Waals surface area contributed by atoms with Gasteiger partial charge in [-0.25, -0.2) is 0 Å². The molecule has 0 spiro atoms. The molecule has 33 valence electrons. The van der Waals surface area contributed by atoms with Gasteiger partial charge in [-0.1, -0.05) is 6.92 Å². The molecular formula is C3H5AlO2-. The standard InChI is InChI=1S/C3H6O2.Al/c1-2-3(4)5;/h2H2,1H3,(H,4,5);/p-1. The third-order valence-electron chi connectivity index (χ3n) is 0.289. The molecule has 0 aromatic carbocycles. The number of carbonyl (C=O) groups excluding carboxylic acids is 1. The summed E-state index contributed by atoms with van der Waals surface area (Å²) < 4.78 is 0. The predicted molar refractivity (Wildman–Crippen MR) is 21.1 cm³/mol. The van der Waals surface area contributed by atoms with Crippen LogP contribution in [0, 0.1) is 0 Å². The topological polar surface area (TPSA) is 40.1 Å². The van der Waals surface area contributed by atoms with E-state index < -0.39 is 5.97 Å². The molecule has 2 nitrogen and oxygen atoms in total. The van der Waals surface area contributed by atoms with Crippen LogP contribution in [0.3, 0.4) is 0 Å². The van der Waals surface area contributed by atoms with E-state index in [9.17, 15) is 9.90 Å². The molecule has 0 saturated heterocycles. The van der Waals surface area contributed by atoms with Crippen LogP contribution >= 0.6 is 0 Å². The van der Waals surface area contributed by atoms with Gasteiger partial charge in [0, 0.05) is 23.3 Å². The van der Waals surface area contributed by atoms with Crippen LogP contribution in [0.4, 0.5) is 0 Å². The van der Waals surface area contributed by atoms with Gasteiger partial charge in [0.25, 0.3) is 0 Å². The molecule has 3 radical (unpaired) electrons. The van der Waals surface area contributed by atoms with Crippen LogP contribution in [-0.2, 0) is 4.79 Å². The van der Waals surface area contributed by atoms with E-state index in [1.807, 2.05) is 0 Å². The molecule has 0 atom stereocenters. The molecule has 0 N–H and O–H groups in total. The first-order valence-corrected chi connectivity index (χ1v) is 1.47. The minimum absolute atomic E-state index is 0. The van der Waals surface area contributed by atoms with Crippen molar-refractivity contribution < 1.29 is 9.90 Å². The number of carbonyl (C=O) groups is 1. The average molecular weight is 100 g/mol. The third-order valence-corrected chi connectivity index (χ3v) is 0.289. The molecule has 0 amide bonds. The maximum atomic E-state index is 9.26. The molecule has 0 unspecified atom stereocenters. The number of hydrogen-bond acceptors (Lipinski definition) is 2. The van der Waals surface area contributed by atoms with Gasteiger partial charge in [0.15, 0.2) is 0 Å². The van der Waals surface area contributed by atoms with Gasteiger partial charge >= 0.3 is 0 Å². The molecule has 6 heavy (non-hydrogen) atoms. The number of aliphatic carboxylic acids is 1. The van der Waals surface area contributed by atoms with E-state index in [1.165, 1.54) is 6.92 Å². The zero-order valence-electron chi connectivity index (χ0n) is 3.60. The molecule has 0 bridgehead atoms. The Morgan fingerprint density at radius 2 is 2.00 bits per heavy atom. The maximum absolute atomic E-state index is 9.26. The van der Waals surface area contributed by atoms with Gasteiger partial charge in [-0.05, 0) is 6.42 Å². The average Bonchev–Trinajstić information content (AvgIpc) is 1.38. The summed E-state index contributed by atoms with van der Waals surface area (Å²) in [5, 5.41) is 9.26. The van der Waals surface area contributed by atoms with Crippen LogP contribution in [-0.4, -0.2) is 23.3 Å². The Morgan fingerprint density at radius 3 is 2.00 bits per heavy atom. The normalized spacial score (nSPS) is 6.17. The van der Waals surface area contributed by atoms with Crippen molar-refractivity contribution in [2.75, 3.05) is 0 Å². The summed E-state index contributed by atoms with van der Waals surface area (Å²) in [5.41, 5.74) is 0. The summed E-state index contributed by atoms with van der Waals surface area (Å²) in [6, 6.07) is 0. The molecule has 0 heterocycles. The lowest BCUT2D eigenvalue weighted by Gasteiger charge is -1.87. The lowest BCUT2D eigenvalue weighted by Crippen LogP contribution is -2.19. The first-order chi connectivity index (χ1) is 2.27. The Morgan fingerprint density at radius 1 is 1.83 bits per heavy atom. The van der Waals surface area contributed by atoms with Crippen molar-refractivity contribution in [3.05, 3.63) is 0 Å². The fourth-order valence-corrected chi connectivity index (χ4v) is 0. The molecule has 3 heteroatoms. The largest absolute Gasteiger partial charge is 0.550 e. The van der Waals surface area contributed by atoms with Crippen LogP contribution in [0.5, 0.6) is 0 Å². The van der Waals surface area contributed by atoms with Crippen molar-refractivity contribution in [3.8, 4) is 0 Å². The minimum Gasteiger partial charge on any atom is -0.550 e. The minimum atomic E-state index is -0.995. The van der Waals surface area contributed by atoms with E-state index in [0.29, 0.717) is 0 Å². The maximum Gasteiger partial charge on any atom is 0.0411 e. The van der Waals surface area contributed by atoms with Crippen LogP contribution in [0.25, 0.3) is 0 Å². The highest BCUT2D eigenvalue weighted by Gasteiger charge is 1.65. The quantitative estimate of drug-likeness (QED) is 0.387. The van der Waals surface area contributed by atoms with E-state index in [4.69, 9.17) is 0 Å². The number of rotatable bonds is 1. The number of carboxylic acids is 1. The van der Waals surface area contributed by atoms with Crippen molar-refractivity contribution in [1.82, 2.24) is 0 Å². The Kier molecular flexibility index (Phi) is 7.82. The van der Waals surface area contributed by atoms with Gasteiger partial charge in [-0.2, -0.15) is 0 Å². The molecule has 0 rings (SSSR count). The molecule has 0 aliphatic heterocycles. The van der Waals surface area contributed by atoms with Crippen LogP contribution < -0.4 is 5.11 Å². The molecule has 0 aromatic rings. The number of carboxylic acid groups (broad SMARTS) is 1. The third kappa shape index (κ3) is 9.00. The Hall–Kier alpha value is 0.00247. The summed E-state index contributed by atoms with van der Waals surface area (Å²) in [5.74, 6) is -0.995. The highest BCUT2D eigenvalue weighted by Crippen LogP contribution is 1.61. The van der Waals surface area contributed by atoms with E-state index in [-0.39, 0.29) is 23.8 Å². The van der Waals surface area contributed by atoms with Crippen LogP contribution in [0.1, 0.15) is 13.3 Å². The fourth-order valence-electron chi connectivity index (χ4n) is 0. The molecule has 0 aromatic heterocycles. The summed E-state index contributed by atoms with van der Waals surface area (Å²) in [4.78, 5) is 9.26. The van der Waals surface area contributed by atoms with Crippen LogP contribution in [0.15, 0.2) is 0 Å². The Balaban J connectivity index is 0. The SMILES string of the molecule is CCC(=O)[O-].[Al]. The molecule has 0 aliphatic carbocycles. The second kappa shape index (κ2) is 5.00. The second-order valence-electron chi connectivity index (χ2n) is 0.726. The van der Waals surface area contributed by atoms with Gasteiger partial charge in [-0.3, -0.25) is 0 Å². The van der Waals surface area contributed by atoms with Gasteiger partial charge < -0.3 is 9.90 Å². The molecular weight excluding hydrogens is 95.0 g/mol. The van der Waals surface area contributed by atoms with Crippen molar-refractivity contribution >= 4 is 23.3 Å². The van der Waals surface area contributed by atoms with E-state index in [2.05, 4.69) is 0 Å². The second-order valence-corrected chi connectivity index (χ2v) is 0.726. The van der Waals surface area contributed by atoms with Crippen LogP contribution in [0.2, 0.25) is 0 Å². The zero-order chi connectivity index (χ0) is 4.28. The lowest BCUT2D eigenvalue weighted by atomic mass is 10.5. The van der Waals surface area contributed by atoms with Crippen molar-refractivity contribution in [2.24, 2.45) is 0 Å². The van der Waals surface area contributed by atoms with E-state index in [0.717, 1.165) is 0 Å².